The van der Waals surface area contributed by atoms with Gasteiger partial charge in [-0.25, -0.2) is 14.7 Å². The second-order valence-corrected chi connectivity index (χ2v) is 11.4. The Balaban J connectivity index is 2.37. The molecule has 0 amide bonds. The van der Waals surface area contributed by atoms with E-state index in [1.54, 1.807) is 4.68 Å². The minimum Gasteiger partial charge on any atom is -0.469 e. The Bertz CT molecular complexity index is 824. The maximum absolute atomic E-state index is 12.7. The summed E-state index contributed by atoms with van der Waals surface area (Å²) in [7, 11) is 0.669. The molecule has 25 heavy (non-hydrogen) atoms. The maximum Gasteiger partial charge on any atom is 0.311 e. The molecule has 0 unspecified atom stereocenters. The maximum atomic E-state index is 12.7. The molecule has 0 saturated heterocycles. The standard InChI is InChI=1S/C18H26N2O4S/c1-13-7-6-8-15-17(13)18(22)14(11-16(21)23-2)19-20(15)12-24-9-10-25(3,4)5/h6-8H,9-12H2,1-5H3. The molecule has 0 radical (unpaired) electrons. The fourth-order valence-electron chi connectivity index (χ4n) is 2.43. The lowest BCUT2D eigenvalue weighted by Gasteiger charge is -2.24. The van der Waals surface area contributed by atoms with Gasteiger partial charge in [0, 0.05) is 5.75 Å². The average Bonchev–Trinajstić information content (AvgIpc) is 2.54. The van der Waals surface area contributed by atoms with Gasteiger partial charge in [0.25, 0.3) is 0 Å². The third-order valence-corrected chi connectivity index (χ3v) is 5.24. The number of aromatic nitrogens is 2. The largest absolute Gasteiger partial charge is 0.469 e. The molecular weight excluding hydrogens is 340 g/mol. The molecule has 7 heteroatoms. The van der Waals surface area contributed by atoms with Gasteiger partial charge in [-0.1, -0.05) is 12.1 Å². The van der Waals surface area contributed by atoms with Crippen molar-refractivity contribution in [2.45, 2.75) is 20.1 Å². The second-order valence-electron chi connectivity index (χ2n) is 6.83. The molecule has 0 aliphatic heterocycles. The highest BCUT2D eigenvalue weighted by Gasteiger charge is 2.16. The van der Waals surface area contributed by atoms with Crippen LogP contribution < -0.4 is 5.43 Å². The smallest absolute Gasteiger partial charge is 0.311 e. The molecule has 1 aromatic heterocycles. The van der Waals surface area contributed by atoms with E-state index in [0.717, 1.165) is 11.3 Å². The van der Waals surface area contributed by atoms with Crippen LogP contribution in [0.1, 0.15) is 11.3 Å². The zero-order valence-electron chi connectivity index (χ0n) is 15.5. The van der Waals surface area contributed by atoms with Gasteiger partial charge in [0.05, 0.1) is 31.0 Å². The van der Waals surface area contributed by atoms with E-state index in [9.17, 15) is 9.59 Å². The van der Waals surface area contributed by atoms with Crippen LogP contribution in [0.5, 0.6) is 0 Å². The summed E-state index contributed by atoms with van der Waals surface area (Å²) < 4.78 is 12.1. The first-order valence-corrected chi connectivity index (χ1v) is 11.1. The van der Waals surface area contributed by atoms with Crippen LogP contribution in [0.4, 0.5) is 0 Å². The molecule has 0 fully saturated rings. The van der Waals surface area contributed by atoms with Gasteiger partial charge in [0.2, 0.25) is 5.43 Å². The van der Waals surface area contributed by atoms with Crippen molar-refractivity contribution < 1.29 is 14.3 Å². The molecule has 0 atom stereocenters. The first-order chi connectivity index (χ1) is 11.7. The van der Waals surface area contributed by atoms with E-state index in [0.29, 0.717) is 17.5 Å². The number of esters is 1. The van der Waals surface area contributed by atoms with E-state index in [1.165, 1.54) is 7.11 Å². The van der Waals surface area contributed by atoms with Crippen molar-refractivity contribution >= 4 is 26.9 Å². The van der Waals surface area contributed by atoms with Gasteiger partial charge < -0.3 is 9.47 Å². The summed E-state index contributed by atoms with van der Waals surface area (Å²) in [6.45, 7) is 2.75. The van der Waals surface area contributed by atoms with Crippen molar-refractivity contribution in [2.24, 2.45) is 0 Å². The van der Waals surface area contributed by atoms with Gasteiger partial charge in [-0.2, -0.15) is 5.10 Å². The number of carbonyl (C=O) groups is 1. The topological polar surface area (TPSA) is 70.4 Å². The van der Waals surface area contributed by atoms with Gasteiger partial charge in [0.1, 0.15) is 12.4 Å². The average molecular weight is 366 g/mol. The summed E-state index contributed by atoms with van der Waals surface area (Å²) in [5.74, 6) is 0.514. The molecular formula is C18H26N2O4S. The Labute approximate surface area is 149 Å². The number of methoxy groups -OCH3 is 1. The summed E-state index contributed by atoms with van der Waals surface area (Å²) in [4.78, 5) is 24.3. The van der Waals surface area contributed by atoms with E-state index >= 15 is 0 Å². The third-order valence-electron chi connectivity index (χ3n) is 3.85. The molecule has 2 rings (SSSR count). The summed E-state index contributed by atoms with van der Waals surface area (Å²) in [5.41, 5.74) is 1.51. The zero-order valence-corrected chi connectivity index (χ0v) is 16.3. The van der Waals surface area contributed by atoms with Crippen molar-refractivity contribution in [3.63, 3.8) is 0 Å². The number of nitrogens with zero attached hydrogens (tertiary/aromatic N) is 2. The second kappa shape index (κ2) is 8.01. The van der Waals surface area contributed by atoms with Gasteiger partial charge in [-0.3, -0.25) is 9.59 Å². The van der Waals surface area contributed by atoms with Crippen molar-refractivity contribution in [1.29, 1.82) is 0 Å². The van der Waals surface area contributed by atoms with Gasteiger partial charge in [-0.05, 0) is 37.3 Å². The Hall–Kier alpha value is -1.86. The highest BCUT2D eigenvalue weighted by molar-refractivity contribution is 8.32. The van der Waals surface area contributed by atoms with E-state index in [-0.39, 0.29) is 24.3 Å². The highest BCUT2D eigenvalue weighted by Crippen LogP contribution is 2.33. The number of benzene rings is 1. The highest BCUT2D eigenvalue weighted by atomic mass is 32.3. The third kappa shape index (κ3) is 5.06. The van der Waals surface area contributed by atoms with Crippen molar-refractivity contribution in [2.75, 3.05) is 38.2 Å². The van der Waals surface area contributed by atoms with Crippen LogP contribution in [0.3, 0.4) is 0 Å². The van der Waals surface area contributed by atoms with Crippen LogP contribution in [0, 0.1) is 6.92 Å². The summed E-state index contributed by atoms with van der Waals surface area (Å²) in [6.07, 6.45) is 6.56. The molecule has 138 valence electrons. The molecule has 2 aromatic rings. The molecule has 1 aromatic carbocycles. The van der Waals surface area contributed by atoms with Crippen LogP contribution in [-0.2, 0) is 27.4 Å². The van der Waals surface area contributed by atoms with E-state index < -0.39 is 16.0 Å². The molecule has 0 saturated carbocycles. The normalized spacial score (nSPS) is 12.4. The van der Waals surface area contributed by atoms with E-state index in [2.05, 4.69) is 28.6 Å². The quantitative estimate of drug-likeness (QED) is 0.554. The Kier molecular flexibility index (Phi) is 6.24. The van der Waals surface area contributed by atoms with Gasteiger partial charge in [-0.15, -0.1) is 0 Å². The van der Waals surface area contributed by atoms with E-state index in [1.807, 2.05) is 25.1 Å². The lowest BCUT2D eigenvalue weighted by atomic mass is 10.1. The molecule has 6 nitrogen and oxygen atoms in total. The van der Waals surface area contributed by atoms with Crippen LogP contribution in [-0.4, -0.2) is 54.0 Å². The first kappa shape index (κ1) is 19.5. The van der Waals surface area contributed by atoms with Crippen LogP contribution in [0.15, 0.2) is 23.0 Å². The Morgan fingerprint density at radius 2 is 2.00 bits per heavy atom. The van der Waals surface area contributed by atoms with Crippen LogP contribution >= 0.6 is 10.0 Å². The Morgan fingerprint density at radius 3 is 2.64 bits per heavy atom. The number of carbonyl (C=O) groups excluding carboxylic acids is 1. The summed E-state index contributed by atoms with van der Waals surface area (Å²) in [5, 5.41) is 4.92. The first-order valence-electron chi connectivity index (χ1n) is 8.03. The monoisotopic (exact) mass is 366 g/mol. The molecule has 0 aliphatic rings. The van der Waals surface area contributed by atoms with E-state index in [4.69, 9.17) is 4.74 Å². The number of ether oxygens (including phenoxy) is 2. The van der Waals surface area contributed by atoms with Crippen molar-refractivity contribution in [3.8, 4) is 0 Å². The fourth-order valence-corrected chi connectivity index (χ4v) is 3.05. The fraction of sp³-hybridized carbons (Fsp3) is 0.500. The predicted octanol–water partition coefficient (Wildman–Crippen LogP) is 2.09. The number of hydrogen-bond acceptors (Lipinski definition) is 5. The number of hydrogen-bond donors (Lipinski definition) is 0. The Morgan fingerprint density at radius 1 is 1.28 bits per heavy atom. The minimum absolute atomic E-state index is 0.147. The lowest BCUT2D eigenvalue weighted by molar-refractivity contribution is -0.139. The summed E-state index contributed by atoms with van der Waals surface area (Å²) >= 11 is 0. The van der Waals surface area contributed by atoms with Crippen molar-refractivity contribution in [3.05, 3.63) is 39.7 Å². The number of aryl methyl sites for hydroxylation is 1. The predicted molar refractivity (Wildman–Crippen MR) is 103 cm³/mol. The molecule has 0 N–H and O–H groups in total. The SMILES string of the molecule is COC(=O)Cc1nn(COCCS(C)(C)C)c2cccc(C)c2c1=O. The summed E-state index contributed by atoms with van der Waals surface area (Å²) in [6, 6.07) is 5.60. The lowest BCUT2D eigenvalue weighted by Crippen LogP contribution is -2.24. The number of rotatable bonds is 7. The number of fused-ring (bicyclic) bond motifs is 1. The van der Waals surface area contributed by atoms with Crippen LogP contribution in [0.25, 0.3) is 10.9 Å². The molecule has 0 aliphatic carbocycles. The van der Waals surface area contributed by atoms with Gasteiger partial charge >= 0.3 is 5.97 Å². The van der Waals surface area contributed by atoms with Gasteiger partial charge in [0.15, 0.2) is 0 Å². The molecule has 0 bridgehead atoms. The van der Waals surface area contributed by atoms with Crippen molar-refractivity contribution in [1.82, 2.24) is 9.78 Å². The molecule has 1 heterocycles. The molecule has 0 spiro atoms. The minimum atomic E-state index is -0.628. The van der Waals surface area contributed by atoms with Crippen LogP contribution in [0.2, 0.25) is 0 Å². The zero-order chi connectivity index (χ0) is 18.6.